The van der Waals surface area contributed by atoms with Gasteiger partial charge < -0.3 is 14.6 Å². The number of rotatable bonds is 6. The Bertz CT molecular complexity index is 913. The topological polar surface area (TPSA) is 89.9 Å². The van der Waals surface area contributed by atoms with Gasteiger partial charge in [0.15, 0.2) is 0 Å². The van der Waals surface area contributed by atoms with Crippen molar-refractivity contribution in [2.45, 2.75) is 12.8 Å². The number of methoxy groups -OCH3 is 2. The number of carbonyl (C=O) groups excluding carboxylic acids is 2. The van der Waals surface area contributed by atoms with Gasteiger partial charge in [0, 0.05) is 0 Å². The summed E-state index contributed by atoms with van der Waals surface area (Å²) in [6, 6.07) is 11.6. The van der Waals surface area contributed by atoms with Crippen LogP contribution in [0.1, 0.15) is 50.2 Å². The Morgan fingerprint density at radius 1 is 0.889 bits per heavy atom. The van der Waals surface area contributed by atoms with Crippen LogP contribution in [-0.4, -0.2) is 37.2 Å². The summed E-state index contributed by atoms with van der Waals surface area (Å²) in [5.74, 6) is -3.15. The monoisotopic (exact) mass is 368 g/mol. The van der Waals surface area contributed by atoms with E-state index in [1.807, 2.05) is 0 Å². The van der Waals surface area contributed by atoms with Gasteiger partial charge in [-0.1, -0.05) is 43.0 Å². The van der Waals surface area contributed by atoms with Gasteiger partial charge in [-0.15, -0.1) is 0 Å². The molecule has 140 valence electrons. The molecule has 2 aromatic carbocycles. The summed E-state index contributed by atoms with van der Waals surface area (Å²) in [6.07, 6.45) is 0. The largest absolute Gasteiger partial charge is 0.481 e. The van der Waals surface area contributed by atoms with Crippen LogP contribution in [0.15, 0.2) is 49.0 Å². The predicted octanol–water partition coefficient (Wildman–Crippen LogP) is 3.51. The molecule has 0 aliphatic carbocycles. The lowest BCUT2D eigenvalue weighted by molar-refractivity contribution is -0.138. The van der Waals surface area contributed by atoms with E-state index in [1.54, 1.807) is 43.3 Å². The molecule has 1 atom stereocenters. The number of carboxylic acid groups (broad SMARTS) is 1. The zero-order chi connectivity index (χ0) is 20.1. The summed E-state index contributed by atoms with van der Waals surface area (Å²) in [5.41, 5.74) is 1.97. The second-order valence-corrected chi connectivity index (χ2v) is 5.84. The average Bonchev–Trinajstić information content (AvgIpc) is 2.70. The van der Waals surface area contributed by atoms with Crippen LogP contribution in [0.4, 0.5) is 0 Å². The van der Waals surface area contributed by atoms with Crippen LogP contribution in [0.25, 0.3) is 5.57 Å². The van der Waals surface area contributed by atoms with E-state index in [0.717, 1.165) is 0 Å². The van der Waals surface area contributed by atoms with Crippen molar-refractivity contribution in [3.8, 4) is 0 Å². The number of carboxylic acids is 1. The standard InChI is InChI=1S/C21H20O6/c1-12(14-8-5-6-9-15(14)13(2)19(22)23)16-10-7-11-17(20(24)26-3)18(16)21(25)27-4/h5-11,13H,1H2,2-4H3,(H,22,23). The summed E-state index contributed by atoms with van der Waals surface area (Å²) in [6.45, 7) is 5.62. The van der Waals surface area contributed by atoms with Gasteiger partial charge in [-0.2, -0.15) is 0 Å². The van der Waals surface area contributed by atoms with Gasteiger partial charge in [0.1, 0.15) is 0 Å². The van der Waals surface area contributed by atoms with Crippen LogP contribution in [0.2, 0.25) is 0 Å². The van der Waals surface area contributed by atoms with Crippen LogP contribution in [-0.2, 0) is 14.3 Å². The summed E-state index contributed by atoms with van der Waals surface area (Å²) in [7, 11) is 2.43. The molecule has 0 aliphatic heterocycles. The highest BCUT2D eigenvalue weighted by atomic mass is 16.5. The minimum absolute atomic E-state index is 0.0228. The fourth-order valence-electron chi connectivity index (χ4n) is 2.83. The minimum atomic E-state index is -0.980. The number of benzene rings is 2. The average molecular weight is 368 g/mol. The molecule has 0 amide bonds. The summed E-state index contributed by atoms with van der Waals surface area (Å²) in [5, 5.41) is 9.38. The molecule has 0 saturated heterocycles. The lowest BCUT2D eigenvalue weighted by atomic mass is 9.86. The van der Waals surface area contributed by atoms with Gasteiger partial charge in [0.2, 0.25) is 0 Å². The Hall–Kier alpha value is -3.41. The molecule has 0 aromatic heterocycles. The number of hydrogen-bond acceptors (Lipinski definition) is 5. The molecule has 1 N–H and O–H groups in total. The normalized spacial score (nSPS) is 11.4. The maximum atomic E-state index is 12.4. The third kappa shape index (κ3) is 3.89. The SMILES string of the molecule is C=C(c1ccccc1C(C)C(=O)O)c1cccc(C(=O)OC)c1C(=O)OC. The van der Waals surface area contributed by atoms with Crippen molar-refractivity contribution in [3.63, 3.8) is 0 Å². The Labute approximate surface area is 157 Å². The van der Waals surface area contributed by atoms with Crippen molar-refractivity contribution in [2.75, 3.05) is 14.2 Å². The second-order valence-electron chi connectivity index (χ2n) is 5.84. The van der Waals surface area contributed by atoms with Gasteiger partial charge in [-0.05, 0) is 35.3 Å². The van der Waals surface area contributed by atoms with Crippen molar-refractivity contribution < 1.29 is 29.0 Å². The Balaban J connectivity index is 2.70. The molecule has 6 nitrogen and oxygen atoms in total. The van der Waals surface area contributed by atoms with Crippen LogP contribution < -0.4 is 0 Å². The van der Waals surface area contributed by atoms with Crippen molar-refractivity contribution in [1.82, 2.24) is 0 Å². The number of aliphatic carboxylic acids is 1. The van der Waals surface area contributed by atoms with E-state index in [9.17, 15) is 19.5 Å². The number of ether oxygens (including phenoxy) is 2. The highest BCUT2D eigenvalue weighted by Gasteiger charge is 2.25. The van der Waals surface area contributed by atoms with E-state index >= 15 is 0 Å². The molecule has 2 rings (SSSR count). The van der Waals surface area contributed by atoms with E-state index in [2.05, 4.69) is 6.58 Å². The van der Waals surface area contributed by atoms with Gasteiger partial charge in [0.25, 0.3) is 0 Å². The van der Waals surface area contributed by atoms with E-state index in [1.165, 1.54) is 20.3 Å². The molecule has 0 saturated carbocycles. The first-order valence-corrected chi connectivity index (χ1v) is 8.14. The van der Waals surface area contributed by atoms with Crippen molar-refractivity contribution >= 4 is 23.5 Å². The molecular formula is C21H20O6. The number of hydrogen-bond donors (Lipinski definition) is 1. The summed E-state index contributed by atoms with van der Waals surface area (Å²) >= 11 is 0. The molecule has 0 aliphatic rings. The summed E-state index contributed by atoms with van der Waals surface area (Å²) in [4.78, 5) is 35.9. The molecule has 0 heterocycles. The first-order valence-electron chi connectivity index (χ1n) is 8.14. The Morgan fingerprint density at radius 2 is 1.44 bits per heavy atom. The zero-order valence-corrected chi connectivity index (χ0v) is 15.3. The van der Waals surface area contributed by atoms with E-state index in [-0.39, 0.29) is 11.1 Å². The van der Waals surface area contributed by atoms with Crippen LogP contribution >= 0.6 is 0 Å². The number of carbonyl (C=O) groups is 3. The predicted molar refractivity (Wildman–Crippen MR) is 99.7 cm³/mol. The first-order chi connectivity index (χ1) is 12.8. The second kappa shape index (κ2) is 8.31. The van der Waals surface area contributed by atoms with E-state index < -0.39 is 23.8 Å². The van der Waals surface area contributed by atoms with Crippen LogP contribution in [0.3, 0.4) is 0 Å². The van der Waals surface area contributed by atoms with Gasteiger partial charge >= 0.3 is 17.9 Å². The lowest BCUT2D eigenvalue weighted by Crippen LogP contribution is -2.15. The lowest BCUT2D eigenvalue weighted by Gasteiger charge is -2.18. The first kappa shape index (κ1) is 19.9. The Morgan fingerprint density at radius 3 is 2.04 bits per heavy atom. The summed E-state index contributed by atoms with van der Waals surface area (Å²) < 4.78 is 9.58. The molecule has 2 aromatic rings. The quantitative estimate of drug-likeness (QED) is 0.785. The van der Waals surface area contributed by atoms with Crippen LogP contribution in [0, 0.1) is 0 Å². The maximum absolute atomic E-state index is 12.4. The van der Waals surface area contributed by atoms with Gasteiger partial charge in [-0.25, -0.2) is 9.59 Å². The molecule has 0 bridgehead atoms. The molecule has 0 fully saturated rings. The van der Waals surface area contributed by atoms with Gasteiger partial charge in [-0.3, -0.25) is 4.79 Å². The minimum Gasteiger partial charge on any atom is -0.481 e. The van der Waals surface area contributed by atoms with E-state index in [0.29, 0.717) is 22.3 Å². The zero-order valence-electron chi connectivity index (χ0n) is 15.3. The molecule has 6 heteroatoms. The molecule has 0 spiro atoms. The maximum Gasteiger partial charge on any atom is 0.339 e. The van der Waals surface area contributed by atoms with Crippen molar-refractivity contribution in [2.24, 2.45) is 0 Å². The highest BCUT2D eigenvalue weighted by molar-refractivity contribution is 6.07. The Kier molecular flexibility index (Phi) is 6.13. The van der Waals surface area contributed by atoms with Crippen molar-refractivity contribution in [1.29, 1.82) is 0 Å². The van der Waals surface area contributed by atoms with E-state index in [4.69, 9.17) is 9.47 Å². The molecule has 27 heavy (non-hydrogen) atoms. The fourth-order valence-corrected chi connectivity index (χ4v) is 2.83. The fraction of sp³-hybridized carbons (Fsp3) is 0.190. The molecular weight excluding hydrogens is 348 g/mol. The van der Waals surface area contributed by atoms with Gasteiger partial charge in [0.05, 0.1) is 31.3 Å². The molecule has 1 unspecified atom stereocenters. The number of esters is 2. The smallest absolute Gasteiger partial charge is 0.339 e. The highest BCUT2D eigenvalue weighted by Crippen LogP contribution is 2.32. The third-order valence-electron chi connectivity index (χ3n) is 4.31. The molecule has 0 radical (unpaired) electrons. The third-order valence-corrected chi connectivity index (χ3v) is 4.31. The van der Waals surface area contributed by atoms with Crippen molar-refractivity contribution in [3.05, 3.63) is 76.9 Å². The van der Waals surface area contributed by atoms with Crippen LogP contribution in [0.5, 0.6) is 0 Å².